The topological polar surface area (TPSA) is 61.4 Å². The largest absolute Gasteiger partial charge is 0.497 e. The highest BCUT2D eigenvalue weighted by Gasteiger charge is 2.24. The Hall–Kier alpha value is -1.10. The minimum atomic E-state index is 0. The van der Waals surface area contributed by atoms with Crippen LogP contribution in [-0.2, 0) is 4.74 Å². The summed E-state index contributed by atoms with van der Waals surface area (Å²) in [6.07, 6.45) is 2.73. The van der Waals surface area contributed by atoms with E-state index in [9.17, 15) is 0 Å². The fourth-order valence-electron chi connectivity index (χ4n) is 4.03. The lowest BCUT2D eigenvalue weighted by Gasteiger charge is -2.30. The van der Waals surface area contributed by atoms with Gasteiger partial charge in [0.25, 0.3) is 0 Å². The van der Waals surface area contributed by atoms with Crippen molar-refractivity contribution in [1.82, 2.24) is 20.4 Å². The number of hydrogen-bond donors (Lipinski definition) is 2. The Morgan fingerprint density at radius 1 is 1.20 bits per heavy atom. The third-order valence-corrected chi connectivity index (χ3v) is 5.69. The summed E-state index contributed by atoms with van der Waals surface area (Å²) in [5.41, 5.74) is 1.30. The average molecular weight is 531 g/mol. The zero-order valence-corrected chi connectivity index (χ0v) is 20.9. The minimum Gasteiger partial charge on any atom is -0.497 e. The molecule has 0 aliphatic carbocycles. The molecule has 30 heavy (non-hydrogen) atoms. The maximum Gasteiger partial charge on any atom is 0.191 e. The number of morpholine rings is 1. The van der Waals surface area contributed by atoms with Gasteiger partial charge >= 0.3 is 0 Å². The molecule has 2 aliphatic rings. The Kier molecular flexibility index (Phi) is 11.2. The number of halogens is 1. The highest BCUT2D eigenvalue weighted by atomic mass is 127. The zero-order valence-electron chi connectivity index (χ0n) is 18.6. The molecule has 2 N–H and O–H groups in total. The fourth-order valence-corrected chi connectivity index (χ4v) is 4.03. The molecule has 0 bridgehead atoms. The predicted octanol–water partition coefficient (Wildman–Crippen LogP) is 2.34. The number of nitrogens with zero attached hydrogens (tertiary/aromatic N) is 3. The van der Waals surface area contributed by atoms with Crippen molar-refractivity contribution < 1.29 is 9.47 Å². The molecular weight excluding hydrogens is 493 g/mol. The van der Waals surface area contributed by atoms with Gasteiger partial charge in [0.05, 0.1) is 32.4 Å². The molecule has 1 aromatic rings. The van der Waals surface area contributed by atoms with Crippen molar-refractivity contribution in [2.75, 3.05) is 66.6 Å². The van der Waals surface area contributed by atoms with Crippen LogP contribution in [0, 0.1) is 0 Å². The monoisotopic (exact) mass is 531 g/mol. The smallest absolute Gasteiger partial charge is 0.191 e. The summed E-state index contributed by atoms with van der Waals surface area (Å²) in [5, 5.41) is 6.86. The van der Waals surface area contributed by atoms with Gasteiger partial charge in [-0.1, -0.05) is 12.1 Å². The Morgan fingerprint density at radius 3 is 2.57 bits per heavy atom. The zero-order chi connectivity index (χ0) is 20.5. The van der Waals surface area contributed by atoms with Crippen LogP contribution in [0.4, 0.5) is 0 Å². The number of rotatable bonds is 8. The van der Waals surface area contributed by atoms with Gasteiger partial charge in [0, 0.05) is 26.2 Å². The number of hydrogen-bond acceptors (Lipinski definition) is 5. The van der Waals surface area contributed by atoms with Gasteiger partial charge in [-0.2, -0.15) is 0 Å². The van der Waals surface area contributed by atoms with E-state index in [1.807, 2.05) is 12.1 Å². The maximum absolute atomic E-state index is 5.87. The first-order valence-electron chi connectivity index (χ1n) is 10.9. The van der Waals surface area contributed by atoms with E-state index < -0.39 is 0 Å². The van der Waals surface area contributed by atoms with Gasteiger partial charge < -0.3 is 25.0 Å². The van der Waals surface area contributed by atoms with Crippen LogP contribution >= 0.6 is 24.0 Å². The molecule has 2 atom stereocenters. The molecule has 2 unspecified atom stereocenters. The van der Waals surface area contributed by atoms with Crippen molar-refractivity contribution in [3.63, 3.8) is 0 Å². The quantitative estimate of drug-likeness (QED) is 0.305. The summed E-state index contributed by atoms with van der Waals surface area (Å²) < 4.78 is 11.2. The van der Waals surface area contributed by atoms with Crippen molar-refractivity contribution in [3.8, 4) is 5.75 Å². The van der Waals surface area contributed by atoms with Crippen LogP contribution in [0.5, 0.6) is 5.75 Å². The SMILES string of the molecule is CCNC(=NCC(c1ccc(OC)cc1)N1CCCC1)NCC1CN(C)CCO1.I. The molecule has 7 nitrogen and oxygen atoms in total. The number of guanidine groups is 1. The first-order chi connectivity index (χ1) is 14.2. The molecule has 0 aromatic heterocycles. The van der Waals surface area contributed by atoms with E-state index in [1.165, 1.54) is 18.4 Å². The van der Waals surface area contributed by atoms with E-state index in [4.69, 9.17) is 14.5 Å². The Morgan fingerprint density at radius 2 is 1.93 bits per heavy atom. The molecule has 2 aliphatic heterocycles. The van der Waals surface area contributed by atoms with E-state index in [0.717, 1.165) is 64.1 Å². The van der Waals surface area contributed by atoms with Gasteiger partial charge in [0.15, 0.2) is 5.96 Å². The lowest BCUT2D eigenvalue weighted by atomic mass is 10.1. The van der Waals surface area contributed by atoms with Crippen molar-refractivity contribution >= 4 is 29.9 Å². The van der Waals surface area contributed by atoms with Gasteiger partial charge in [-0.05, 0) is 57.6 Å². The number of likely N-dealkylation sites (tertiary alicyclic amines) is 1. The predicted molar refractivity (Wildman–Crippen MR) is 133 cm³/mol. The van der Waals surface area contributed by atoms with Crippen molar-refractivity contribution in [2.24, 2.45) is 4.99 Å². The average Bonchev–Trinajstić information content (AvgIpc) is 3.27. The molecule has 3 rings (SSSR count). The number of methoxy groups -OCH3 is 1. The molecule has 0 radical (unpaired) electrons. The summed E-state index contributed by atoms with van der Waals surface area (Å²) in [5.74, 6) is 1.76. The van der Waals surface area contributed by atoms with Gasteiger partial charge in [-0.25, -0.2) is 0 Å². The Bertz CT molecular complexity index is 637. The van der Waals surface area contributed by atoms with E-state index in [0.29, 0.717) is 0 Å². The molecule has 170 valence electrons. The van der Waals surface area contributed by atoms with Crippen LogP contribution < -0.4 is 15.4 Å². The molecule has 0 saturated carbocycles. The van der Waals surface area contributed by atoms with E-state index in [2.05, 4.69) is 46.5 Å². The lowest BCUT2D eigenvalue weighted by molar-refractivity contribution is -0.0161. The number of aliphatic imine (C=N–C) groups is 1. The summed E-state index contributed by atoms with van der Waals surface area (Å²) in [6.45, 7) is 9.47. The van der Waals surface area contributed by atoms with Crippen molar-refractivity contribution in [3.05, 3.63) is 29.8 Å². The van der Waals surface area contributed by atoms with E-state index in [-0.39, 0.29) is 36.1 Å². The Labute approximate surface area is 198 Å². The normalized spacial score (nSPS) is 21.7. The van der Waals surface area contributed by atoms with Crippen LogP contribution in [0.25, 0.3) is 0 Å². The van der Waals surface area contributed by atoms with Gasteiger partial charge in [-0.15, -0.1) is 24.0 Å². The molecule has 0 spiro atoms. The second-order valence-corrected chi connectivity index (χ2v) is 7.89. The molecule has 0 amide bonds. The van der Waals surface area contributed by atoms with Crippen LogP contribution in [0.15, 0.2) is 29.3 Å². The fraction of sp³-hybridized carbons (Fsp3) is 0.682. The third kappa shape index (κ3) is 7.55. The van der Waals surface area contributed by atoms with Gasteiger partial charge in [0.1, 0.15) is 5.75 Å². The highest BCUT2D eigenvalue weighted by molar-refractivity contribution is 14.0. The molecule has 2 saturated heterocycles. The molecular formula is C22H38IN5O2. The van der Waals surface area contributed by atoms with Crippen LogP contribution in [0.3, 0.4) is 0 Å². The number of nitrogens with one attached hydrogen (secondary N) is 2. The van der Waals surface area contributed by atoms with Crippen LogP contribution in [0.2, 0.25) is 0 Å². The molecule has 2 fully saturated rings. The first kappa shape index (κ1) is 25.2. The van der Waals surface area contributed by atoms with Crippen LogP contribution in [0.1, 0.15) is 31.4 Å². The lowest BCUT2D eigenvalue weighted by Crippen LogP contribution is -2.48. The Balaban J connectivity index is 0.00000320. The van der Waals surface area contributed by atoms with E-state index in [1.54, 1.807) is 7.11 Å². The first-order valence-corrected chi connectivity index (χ1v) is 10.9. The van der Waals surface area contributed by atoms with Crippen LogP contribution in [-0.4, -0.2) is 88.4 Å². The maximum atomic E-state index is 5.87. The van der Waals surface area contributed by atoms with Crippen molar-refractivity contribution in [1.29, 1.82) is 0 Å². The summed E-state index contributed by atoms with van der Waals surface area (Å²) in [6, 6.07) is 8.72. The van der Waals surface area contributed by atoms with E-state index >= 15 is 0 Å². The van der Waals surface area contributed by atoms with Gasteiger partial charge in [0.2, 0.25) is 0 Å². The summed E-state index contributed by atoms with van der Waals surface area (Å²) in [4.78, 5) is 9.80. The summed E-state index contributed by atoms with van der Waals surface area (Å²) >= 11 is 0. The number of ether oxygens (including phenoxy) is 2. The highest BCUT2D eigenvalue weighted by Crippen LogP contribution is 2.27. The second-order valence-electron chi connectivity index (χ2n) is 7.89. The standard InChI is InChI=1S/C22H37N5O2.HI/c1-4-23-22(24-15-20-17-26(2)13-14-29-20)25-16-21(27-11-5-6-12-27)18-7-9-19(28-3)10-8-18;/h7-10,20-21H,4-6,11-17H2,1-3H3,(H2,23,24,25);1H. The van der Waals surface area contributed by atoms with Crippen molar-refractivity contribution in [2.45, 2.75) is 31.9 Å². The third-order valence-electron chi connectivity index (χ3n) is 5.69. The number of benzene rings is 1. The molecule has 2 heterocycles. The van der Waals surface area contributed by atoms with Gasteiger partial charge in [-0.3, -0.25) is 9.89 Å². The summed E-state index contributed by atoms with van der Waals surface area (Å²) in [7, 11) is 3.85. The molecule has 8 heteroatoms. The minimum absolute atomic E-state index is 0. The second kappa shape index (κ2) is 13.3. The molecule has 1 aromatic carbocycles. The number of likely N-dealkylation sites (N-methyl/N-ethyl adjacent to an activating group) is 1.